The van der Waals surface area contributed by atoms with Crippen LogP contribution < -0.4 is 4.74 Å². The Bertz CT molecular complexity index is 1220. The maximum absolute atomic E-state index is 12.3. The first-order valence-corrected chi connectivity index (χ1v) is 12.7. The highest BCUT2D eigenvalue weighted by Gasteiger charge is 2.28. The number of likely N-dealkylation sites (tertiary alicyclic amines) is 1. The van der Waals surface area contributed by atoms with Gasteiger partial charge in [-0.1, -0.05) is 32.0 Å². The van der Waals surface area contributed by atoms with Crippen LogP contribution in [0.2, 0.25) is 0 Å². The van der Waals surface area contributed by atoms with Gasteiger partial charge in [0.15, 0.2) is 5.82 Å². The number of hydrogen-bond donors (Lipinski definition) is 0. The SMILES string of the molecule is CCOC(=O)[C@H]1CCCN(Cn2nc(-c3ccc(OC)cc3)n(-c3ccccc3C(C)C)c2=S)C1. The number of carbonyl (C=O) groups excluding carboxylic acids is 1. The summed E-state index contributed by atoms with van der Waals surface area (Å²) in [6, 6.07) is 16.2. The molecule has 0 bridgehead atoms. The van der Waals surface area contributed by atoms with Crippen LogP contribution >= 0.6 is 12.2 Å². The number of benzene rings is 2. The van der Waals surface area contributed by atoms with Crippen LogP contribution in [-0.4, -0.2) is 52.0 Å². The monoisotopic (exact) mass is 494 g/mol. The molecule has 1 aromatic heterocycles. The van der Waals surface area contributed by atoms with Gasteiger partial charge in [0.2, 0.25) is 4.77 Å². The van der Waals surface area contributed by atoms with Crippen molar-refractivity contribution in [1.29, 1.82) is 0 Å². The highest BCUT2D eigenvalue weighted by Crippen LogP contribution is 2.30. The first-order valence-electron chi connectivity index (χ1n) is 12.3. The predicted octanol–water partition coefficient (Wildman–Crippen LogP) is 5.43. The summed E-state index contributed by atoms with van der Waals surface area (Å²) >= 11 is 6.00. The van der Waals surface area contributed by atoms with Crippen molar-refractivity contribution in [3.63, 3.8) is 0 Å². The summed E-state index contributed by atoms with van der Waals surface area (Å²) in [6.07, 6.45) is 1.80. The molecule has 0 aliphatic carbocycles. The summed E-state index contributed by atoms with van der Waals surface area (Å²) < 4.78 is 15.2. The van der Waals surface area contributed by atoms with Gasteiger partial charge in [0.1, 0.15) is 5.75 Å². The first kappa shape index (κ1) is 25.1. The molecule has 0 unspecified atom stereocenters. The number of para-hydroxylation sites is 1. The van der Waals surface area contributed by atoms with Gasteiger partial charge >= 0.3 is 5.97 Å². The minimum Gasteiger partial charge on any atom is -0.497 e. The van der Waals surface area contributed by atoms with E-state index in [0.29, 0.717) is 30.5 Å². The summed E-state index contributed by atoms with van der Waals surface area (Å²) in [4.78, 5) is 14.6. The zero-order valence-corrected chi connectivity index (χ0v) is 21.8. The molecule has 2 heterocycles. The molecule has 7 nitrogen and oxygen atoms in total. The first-order chi connectivity index (χ1) is 16.9. The average Bonchev–Trinajstić information content (AvgIpc) is 3.19. The number of methoxy groups -OCH3 is 1. The molecule has 0 N–H and O–H groups in total. The van der Waals surface area contributed by atoms with Gasteiger partial charge in [-0.3, -0.25) is 14.3 Å². The smallest absolute Gasteiger partial charge is 0.310 e. The van der Waals surface area contributed by atoms with Crippen LogP contribution in [0.5, 0.6) is 5.75 Å². The largest absolute Gasteiger partial charge is 0.497 e. The van der Waals surface area contributed by atoms with E-state index in [2.05, 4.69) is 41.5 Å². The highest BCUT2D eigenvalue weighted by atomic mass is 32.1. The second-order valence-corrected chi connectivity index (χ2v) is 9.56. The lowest BCUT2D eigenvalue weighted by molar-refractivity contribution is -0.150. The normalized spacial score (nSPS) is 16.4. The fourth-order valence-corrected chi connectivity index (χ4v) is 4.93. The Kier molecular flexibility index (Phi) is 8.03. The highest BCUT2D eigenvalue weighted by molar-refractivity contribution is 7.71. The molecule has 0 spiro atoms. The molecule has 0 amide bonds. The van der Waals surface area contributed by atoms with Crippen LogP contribution in [-0.2, 0) is 16.2 Å². The van der Waals surface area contributed by atoms with Crippen molar-refractivity contribution in [2.24, 2.45) is 5.92 Å². The summed E-state index contributed by atoms with van der Waals surface area (Å²) in [5.41, 5.74) is 3.20. The number of piperidine rings is 1. The third kappa shape index (κ3) is 5.49. The van der Waals surface area contributed by atoms with Crippen LogP contribution in [0.1, 0.15) is 45.1 Å². The van der Waals surface area contributed by atoms with Crippen LogP contribution in [0.4, 0.5) is 0 Å². The summed E-state index contributed by atoms with van der Waals surface area (Å²) in [5, 5.41) is 4.99. The van der Waals surface area contributed by atoms with Gasteiger partial charge in [-0.2, -0.15) is 0 Å². The zero-order chi connectivity index (χ0) is 24.9. The van der Waals surface area contributed by atoms with E-state index in [-0.39, 0.29) is 11.9 Å². The Hall–Kier alpha value is -2.97. The lowest BCUT2D eigenvalue weighted by atomic mass is 9.99. The fraction of sp³-hybridized carbons (Fsp3) is 0.444. The third-order valence-electron chi connectivity index (χ3n) is 6.45. The summed E-state index contributed by atoms with van der Waals surface area (Å²) in [6.45, 7) is 8.69. The molecule has 2 aromatic carbocycles. The molecule has 1 fully saturated rings. The lowest BCUT2D eigenvalue weighted by Crippen LogP contribution is -2.40. The maximum atomic E-state index is 12.3. The number of ether oxygens (including phenoxy) is 2. The van der Waals surface area contributed by atoms with E-state index in [9.17, 15) is 4.79 Å². The Labute approximate surface area is 212 Å². The molecule has 186 valence electrons. The van der Waals surface area contributed by atoms with E-state index in [1.165, 1.54) is 5.56 Å². The molecule has 3 aromatic rings. The van der Waals surface area contributed by atoms with Crippen molar-refractivity contribution in [3.8, 4) is 22.8 Å². The zero-order valence-electron chi connectivity index (χ0n) is 20.9. The minimum absolute atomic E-state index is 0.109. The van der Waals surface area contributed by atoms with Crippen molar-refractivity contribution in [2.75, 3.05) is 26.8 Å². The maximum Gasteiger partial charge on any atom is 0.310 e. The topological polar surface area (TPSA) is 61.5 Å². The second-order valence-electron chi connectivity index (χ2n) is 9.19. The Morgan fingerprint density at radius 3 is 2.60 bits per heavy atom. The van der Waals surface area contributed by atoms with Crippen molar-refractivity contribution >= 4 is 18.2 Å². The van der Waals surface area contributed by atoms with E-state index in [1.54, 1.807) is 7.11 Å². The summed E-state index contributed by atoms with van der Waals surface area (Å²) in [7, 11) is 1.66. The van der Waals surface area contributed by atoms with E-state index in [1.807, 2.05) is 41.9 Å². The number of esters is 1. The second kappa shape index (κ2) is 11.2. The van der Waals surface area contributed by atoms with Gasteiger partial charge in [0.25, 0.3) is 0 Å². The van der Waals surface area contributed by atoms with Gasteiger partial charge in [-0.05, 0) is 80.3 Å². The molecule has 1 aliphatic rings. The van der Waals surface area contributed by atoms with Crippen LogP contribution in [0, 0.1) is 10.7 Å². The quantitative estimate of drug-likeness (QED) is 0.307. The molecular weight excluding hydrogens is 460 g/mol. The van der Waals surface area contributed by atoms with Gasteiger partial charge < -0.3 is 9.47 Å². The number of rotatable bonds is 8. The van der Waals surface area contributed by atoms with E-state index in [4.69, 9.17) is 26.8 Å². The molecule has 0 radical (unpaired) electrons. The molecular formula is C27H34N4O3S. The third-order valence-corrected chi connectivity index (χ3v) is 6.84. The van der Waals surface area contributed by atoms with Crippen molar-refractivity contribution in [1.82, 2.24) is 19.2 Å². The molecule has 1 atom stereocenters. The molecule has 4 rings (SSSR count). The summed E-state index contributed by atoms with van der Waals surface area (Å²) in [5.74, 6) is 1.68. The van der Waals surface area contributed by atoms with Gasteiger partial charge in [0.05, 0.1) is 32.0 Å². The van der Waals surface area contributed by atoms with Crippen molar-refractivity contribution in [3.05, 3.63) is 58.9 Å². The number of aromatic nitrogens is 3. The van der Waals surface area contributed by atoms with Gasteiger partial charge in [-0.15, -0.1) is 5.10 Å². The van der Waals surface area contributed by atoms with E-state index < -0.39 is 0 Å². The predicted molar refractivity (Wildman–Crippen MR) is 139 cm³/mol. The van der Waals surface area contributed by atoms with Gasteiger partial charge in [0, 0.05) is 12.1 Å². The minimum atomic E-state index is -0.115. The molecule has 1 aliphatic heterocycles. The van der Waals surface area contributed by atoms with E-state index >= 15 is 0 Å². The average molecular weight is 495 g/mol. The Balaban J connectivity index is 1.74. The van der Waals surface area contributed by atoms with Gasteiger partial charge in [-0.25, -0.2) is 4.68 Å². The Morgan fingerprint density at radius 2 is 1.91 bits per heavy atom. The lowest BCUT2D eigenvalue weighted by Gasteiger charge is -2.31. The number of hydrogen-bond acceptors (Lipinski definition) is 6. The van der Waals surface area contributed by atoms with Crippen molar-refractivity contribution in [2.45, 2.75) is 46.2 Å². The van der Waals surface area contributed by atoms with Crippen molar-refractivity contribution < 1.29 is 14.3 Å². The molecule has 0 saturated carbocycles. The molecule has 1 saturated heterocycles. The number of carbonyl (C=O) groups is 1. The van der Waals surface area contributed by atoms with E-state index in [0.717, 1.165) is 42.2 Å². The standard InChI is InChI=1S/C27H34N4O3S/c1-5-34-26(32)21-9-8-16-29(17-21)18-30-27(35)31(24-11-7-6-10-23(24)19(2)3)25(28-30)20-12-14-22(33-4)15-13-20/h6-7,10-15,19,21H,5,8-9,16-18H2,1-4H3/t21-/m0/s1. The van der Waals surface area contributed by atoms with Crippen LogP contribution in [0.3, 0.4) is 0 Å². The fourth-order valence-electron chi connectivity index (χ4n) is 4.65. The molecule has 8 heteroatoms. The Morgan fingerprint density at radius 1 is 1.17 bits per heavy atom. The number of nitrogens with zero attached hydrogens (tertiary/aromatic N) is 4. The molecule has 35 heavy (non-hydrogen) atoms. The van der Waals surface area contributed by atoms with Crippen LogP contribution in [0.25, 0.3) is 17.1 Å². The van der Waals surface area contributed by atoms with Crippen LogP contribution in [0.15, 0.2) is 48.5 Å².